The maximum absolute atomic E-state index is 9.38. The van der Waals surface area contributed by atoms with Crippen molar-refractivity contribution in [3.63, 3.8) is 0 Å². The molecule has 0 aromatic heterocycles. The van der Waals surface area contributed by atoms with Crippen molar-refractivity contribution in [1.29, 1.82) is 5.26 Å². The van der Waals surface area contributed by atoms with Crippen LogP contribution < -0.4 is 5.32 Å². The summed E-state index contributed by atoms with van der Waals surface area (Å²) in [6.45, 7) is 7.36. The first-order chi connectivity index (χ1) is 8.12. The van der Waals surface area contributed by atoms with Crippen LogP contribution in [0.15, 0.2) is 0 Å². The molecule has 0 spiro atoms. The molecule has 0 aliphatic carbocycles. The molecule has 0 saturated carbocycles. The van der Waals surface area contributed by atoms with Crippen LogP contribution in [0.25, 0.3) is 0 Å². The molecule has 0 atom stereocenters. The molecule has 4 nitrogen and oxygen atoms in total. The predicted molar refractivity (Wildman–Crippen MR) is 70.9 cm³/mol. The van der Waals surface area contributed by atoms with Crippen molar-refractivity contribution in [2.45, 2.75) is 31.7 Å². The van der Waals surface area contributed by atoms with Gasteiger partial charge in [0.15, 0.2) is 0 Å². The van der Waals surface area contributed by atoms with E-state index in [9.17, 15) is 5.26 Å². The van der Waals surface area contributed by atoms with Crippen LogP contribution in [-0.4, -0.2) is 62.2 Å². The largest absolute Gasteiger partial charge is 0.308 e. The predicted octanol–water partition coefficient (Wildman–Crippen LogP) is 0.906. The van der Waals surface area contributed by atoms with E-state index in [1.54, 1.807) is 0 Å². The second-order valence-corrected chi connectivity index (χ2v) is 5.27. The summed E-state index contributed by atoms with van der Waals surface area (Å²) < 4.78 is 0. The number of hydrogen-bond acceptors (Lipinski definition) is 4. The molecule has 0 aromatic carbocycles. The minimum Gasteiger partial charge on any atom is -0.308 e. The molecule has 0 bridgehead atoms. The van der Waals surface area contributed by atoms with Crippen LogP contribution >= 0.6 is 0 Å². The van der Waals surface area contributed by atoms with Crippen LogP contribution in [0.4, 0.5) is 0 Å². The maximum atomic E-state index is 9.38. The molecule has 1 aliphatic rings. The van der Waals surface area contributed by atoms with Gasteiger partial charge in [0.05, 0.1) is 6.07 Å². The van der Waals surface area contributed by atoms with Gasteiger partial charge in [0.1, 0.15) is 5.54 Å². The molecule has 4 heteroatoms. The number of likely N-dealkylation sites (tertiary alicyclic amines) is 1. The summed E-state index contributed by atoms with van der Waals surface area (Å²) >= 11 is 0. The Balaban J connectivity index is 2.36. The van der Waals surface area contributed by atoms with E-state index >= 15 is 0 Å². The number of piperidine rings is 1. The zero-order valence-electron chi connectivity index (χ0n) is 11.5. The van der Waals surface area contributed by atoms with Crippen LogP contribution in [0.1, 0.15) is 26.2 Å². The SMILES string of the molecule is CCCN1CCC(C#N)(NCCN(C)C)CC1. The summed E-state index contributed by atoms with van der Waals surface area (Å²) in [4.78, 5) is 4.60. The molecule has 0 unspecified atom stereocenters. The van der Waals surface area contributed by atoms with Gasteiger partial charge in [-0.05, 0) is 39.9 Å². The third-order valence-electron chi connectivity index (χ3n) is 3.49. The van der Waals surface area contributed by atoms with E-state index in [4.69, 9.17) is 0 Å². The molecule has 0 amide bonds. The fraction of sp³-hybridized carbons (Fsp3) is 0.923. The summed E-state index contributed by atoms with van der Waals surface area (Å²) in [7, 11) is 4.12. The number of nitriles is 1. The molecular weight excluding hydrogens is 212 g/mol. The fourth-order valence-electron chi connectivity index (χ4n) is 2.32. The third kappa shape index (κ3) is 4.63. The minimum atomic E-state index is -0.278. The van der Waals surface area contributed by atoms with Gasteiger partial charge >= 0.3 is 0 Å². The Morgan fingerprint density at radius 3 is 2.47 bits per heavy atom. The van der Waals surface area contributed by atoms with E-state index in [1.165, 1.54) is 13.0 Å². The van der Waals surface area contributed by atoms with E-state index in [2.05, 4.69) is 42.2 Å². The van der Waals surface area contributed by atoms with Gasteiger partial charge in [0.25, 0.3) is 0 Å². The van der Waals surface area contributed by atoms with Crippen LogP contribution in [0, 0.1) is 11.3 Å². The quantitative estimate of drug-likeness (QED) is 0.747. The normalized spacial score (nSPS) is 20.4. The number of nitrogens with one attached hydrogen (secondary N) is 1. The molecule has 0 aromatic rings. The number of hydrogen-bond donors (Lipinski definition) is 1. The highest BCUT2D eigenvalue weighted by atomic mass is 15.2. The number of rotatable bonds is 6. The monoisotopic (exact) mass is 238 g/mol. The lowest BCUT2D eigenvalue weighted by Gasteiger charge is -2.38. The lowest BCUT2D eigenvalue weighted by atomic mass is 9.89. The summed E-state index contributed by atoms with van der Waals surface area (Å²) in [5.74, 6) is 0. The fourth-order valence-corrected chi connectivity index (χ4v) is 2.32. The highest BCUT2D eigenvalue weighted by Crippen LogP contribution is 2.21. The van der Waals surface area contributed by atoms with Crippen LogP contribution in [0.3, 0.4) is 0 Å². The second-order valence-electron chi connectivity index (χ2n) is 5.27. The summed E-state index contributed by atoms with van der Waals surface area (Å²) in [5.41, 5.74) is -0.278. The molecule has 0 radical (unpaired) electrons. The number of likely N-dealkylation sites (N-methyl/N-ethyl adjacent to an activating group) is 1. The van der Waals surface area contributed by atoms with Gasteiger partial charge in [-0.2, -0.15) is 5.26 Å². The summed E-state index contributed by atoms with van der Waals surface area (Å²) in [6.07, 6.45) is 3.11. The topological polar surface area (TPSA) is 42.3 Å². The Bertz CT molecular complexity index is 249. The summed E-state index contributed by atoms with van der Waals surface area (Å²) in [6, 6.07) is 2.50. The van der Waals surface area contributed by atoms with Crippen molar-refractivity contribution < 1.29 is 0 Å². The first-order valence-corrected chi connectivity index (χ1v) is 6.65. The maximum Gasteiger partial charge on any atom is 0.109 e. The molecule has 1 rings (SSSR count). The average molecular weight is 238 g/mol. The Morgan fingerprint density at radius 2 is 2.00 bits per heavy atom. The van der Waals surface area contributed by atoms with Crippen LogP contribution in [0.2, 0.25) is 0 Å². The van der Waals surface area contributed by atoms with E-state index in [1.807, 2.05) is 0 Å². The van der Waals surface area contributed by atoms with Crippen molar-refractivity contribution in [2.24, 2.45) is 0 Å². The van der Waals surface area contributed by atoms with Gasteiger partial charge in [0, 0.05) is 26.2 Å². The lowest BCUT2D eigenvalue weighted by Crippen LogP contribution is -2.53. The summed E-state index contributed by atoms with van der Waals surface area (Å²) in [5, 5.41) is 12.8. The van der Waals surface area contributed by atoms with Crippen LogP contribution in [-0.2, 0) is 0 Å². The van der Waals surface area contributed by atoms with Crippen LogP contribution in [0.5, 0.6) is 0 Å². The lowest BCUT2D eigenvalue weighted by molar-refractivity contribution is 0.165. The first kappa shape index (κ1) is 14.4. The highest BCUT2D eigenvalue weighted by Gasteiger charge is 2.33. The molecule has 1 aliphatic heterocycles. The zero-order valence-corrected chi connectivity index (χ0v) is 11.5. The van der Waals surface area contributed by atoms with Crippen molar-refractivity contribution >= 4 is 0 Å². The van der Waals surface area contributed by atoms with Gasteiger partial charge < -0.3 is 9.80 Å². The smallest absolute Gasteiger partial charge is 0.109 e. The van der Waals surface area contributed by atoms with Gasteiger partial charge in [0.2, 0.25) is 0 Å². The molecule has 1 N–H and O–H groups in total. The van der Waals surface area contributed by atoms with E-state index in [-0.39, 0.29) is 5.54 Å². The first-order valence-electron chi connectivity index (χ1n) is 6.65. The minimum absolute atomic E-state index is 0.278. The number of nitrogens with zero attached hydrogens (tertiary/aromatic N) is 3. The molecule has 1 saturated heterocycles. The van der Waals surface area contributed by atoms with Crippen molar-refractivity contribution in [3.8, 4) is 6.07 Å². The zero-order chi connectivity index (χ0) is 12.7. The van der Waals surface area contributed by atoms with E-state index in [0.29, 0.717) is 0 Å². The standard InChI is InChI=1S/C13H26N4/c1-4-8-17-9-5-13(12-14,6-10-17)15-7-11-16(2)3/h15H,4-11H2,1-3H3. The Hall–Kier alpha value is -0.630. The van der Waals surface area contributed by atoms with Crippen molar-refractivity contribution in [1.82, 2.24) is 15.1 Å². The highest BCUT2D eigenvalue weighted by molar-refractivity contribution is 5.09. The molecule has 1 fully saturated rings. The molecule has 17 heavy (non-hydrogen) atoms. The molecule has 1 heterocycles. The van der Waals surface area contributed by atoms with Crippen molar-refractivity contribution in [3.05, 3.63) is 0 Å². The van der Waals surface area contributed by atoms with Gasteiger partial charge in [-0.15, -0.1) is 0 Å². The Morgan fingerprint density at radius 1 is 1.35 bits per heavy atom. The molecular formula is C13H26N4. The average Bonchev–Trinajstić information content (AvgIpc) is 2.31. The van der Waals surface area contributed by atoms with Gasteiger partial charge in [-0.25, -0.2) is 0 Å². The van der Waals surface area contributed by atoms with Gasteiger partial charge in [-0.3, -0.25) is 5.32 Å². The third-order valence-corrected chi connectivity index (χ3v) is 3.49. The second kappa shape index (κ2) is 6.95. The van der Waals surface area contributed by atoms with Crippen molar-refractivity contribution in [2.75, 3.05) is 46.8 Å². The van der Waals surface area contributed by atoms with Gasteiger partial charge in [-0.1, -0.05) is 6.92 Å². The Kier molecular flexibility index (Phi) is 5.90. The van der Waals surface area contributed by atoms with E-state index < -0.39 is 0 Å². The molecule has 98 valence electrons. The Labute approximate surface area is 106 Å². The van der Waals surface area contributed by atoms with E-state index in [0.717, 1.165) is 39.0 Å².